The molecule has 1 rings (SSSR count). The van der Waals surface area contributed by atoms with Crippen LogP contribution in [0.15, 0.2) is 0 Å². The molecule has 0 heterocycles. The van der Waals surface area contributed by atoms with E-state index in [1.54, 1.807) is 0 Å². The van der Waals surface area contributed by atoms with Gasteiger partial charge in [0.25, 0.3) is 0 Å². The lowest BCUT2D eigenvalue weighted by atomic mass is 9.90. The molecule has 0 bridgehead atoms. The first-order chi connectivity index (χ1) is 7.12. The van der Waals surface area contributed by atoms with E-state index in [2.05, 4.69) is 33.9 Å². The van der Waals surface area contributed by atoms with E-state index in [4.69, 9.17) is 15.9 Å². The van der Waals surface area contributed by atoms with Crippen molar-refractivity contribution in [3.63, 3.8) is 0 Å². The minimum atomic E-state index is -1.66. The fraction of sp³-hybridized carbons (Fsp3) is 1.00. The Hall–Kier alpha value is 0.677. The zero-order valence-electron chi connectivity index (χ0n) is 12.2. The van der Waals surface area contributed by atoms with Gasteiger partial charge in [0.1, 0.15) is 0 Å². The fourth-order valence-corrected chi connectivity index (χ4v) is 3.42. The first-order valence-corrected chi connectivity index (χ1v) is 9.21. The number of halogens is 2. The predicted octanol–water partition coefficient (Wildman–Crippen LogP) is 3.06. The summed E-state index contributed by atoms with van der Waals surface area (Å²) in [5, 5.41) is 0.263. The molecule has 2 unspecified atom stereocenters. The average molecular weight is 317 g/mol. The Labute approximate surface area is 125 Å². The first-order valence-electron chi connectivity index (χ1n) is 6.31. The van der Waals surface area contributed by atoms with Gasteiger partial charge in [-0.05, 0) is 37.4 Å². The molecule has 1 aliphatic rings. The van der Waals surface area contributed by atoms with E-state index in [1.165, 1.54) is 0 Å². The van der Waals surface area contributed by atoms with Crippen molar-refractivity contribution < 1.29 is 4.43 Å². The van der Waals surface area contributed by atoms with Crippen molar-refractivity contribution in [1.29, 1.82) is 0 Å². The molecule has 1 aliphatic carbocycles. The first kappa shape index (κ1) is 21.0. The molecule has 4 N–H and O–H groups in total. The summed E-state index contributed by atoms with van der Waals surface area (Å²) in [4.78, 5) is 0. The van der Waals surface area contributed by atoms with Gasteiger partial charge in [0.15, 0.2) is 8.32 Å². The maximum Gasteiger partial charge on any atom is 0.192 e. The molecular weight excluding hydrogens is 287 g/mol. The maximum absolute atomic E-state index is 6.36. The smallest absolute Gasteiger partial charge is 0.192 e. The van der Waals surface area contributed by atoms with Crippen LogP contribution in [0.4, 0.5) is 0 Å². The molecule has 0 amide bonds. The molecule has 0 aliphatic heterocycles. The normalized spacial score (nSPS) is 29.2. The van der Waals surface area contributed by atoms with E-state index in [1.807, 2.05) is 0 Å². The summed E-state index contributed by atoms with van der Waals surface area (Å²) >= 11 is 0. The SMILES string of the molecule is CC(C)(C)[Si](C)(C)OC1CC(N)CC(N)C1.Cl.Cl. The van der Waals surface area contributed by atoms with Gasteiger partial charge in [-0.25, -0.2) is 0 Å². The predicted molar refractivity (Wildman–Crippen MR) is 86.4 cm³/mol. The van der Waals surface area contributed by atoms with Crippen LogP contribution in [0.25, 0.3) is 0 Å². The van der Waals surface area contributed by atoms with Gasteiger partial charge in [0.2, 0.25) is 0 Å². The molecule has 1 saturated carbocycles. The highest BCUT2D eigenvalue weighted by atomic mass is 35.5. The summed E-state index contributed by atoms with van der Waals surface area (Å²) in [6, 6.07) is 0.442. The molecule has 6 heteroatoms. The minimum Gasteiger partial charge on any atom is -0.414 e. The summed E-state index contributed by atoms with van der Waals surface area (Å²) in [6.07, 6.45) is 3.16. The molecule has 0 aromatic carbocycles. The molecule has 112 valence electrons. The number of hydrogen-bond donors (Lipinski definition) is 2. The van der Waals surface area contributed by atoms with Crippen molar-refractivity contribution >= 4 is 33.1 Å². The van der Waals surface area contributed by atoms with E-state index < -0.39 is 8.32 Å². The van der Waals surface area contributed by atoms with Crippen molar-refractivity contribution in [2.45, 2.75) is 76.4 Å². The van der Waals surface area contributed by atoms with Gasteiger partial charge in [0, 0.05) is 18.2 Å². The highest BCUT2D eigenvalue weighted by Crippen LogP contribution is 2.38. The van der Waals surface area contributed by atoms with Crippen LogP contribution in [-0.2, 0) is 4.43 Å². The minimum absolute atomic E-state index is 0. The summed E-state index contributed by atoms with van der Waals surface area (Å²) in [6.45, 7) is 11.4. The van der Waals surface area contributed by atoms with Crippen LogP contribution >= 0.6 is 24.8 Å². The van der Waals surface area contributed by atoms with Gasteiger partial charge >= 0.3 is 0 Å². The average Bonchev–Trinajstić information content (AvgIpc) is 1.97. The Morgan fingerprint density at radius 2 is 1.33 bits per heavy atom. The Bertz CT molecular complexity index is 237. The van der Waals surface area contributed by atoms with Gasteiger partial charge < -0.3 is 15.9 Å². The molecule has 0 spiro atoms. The molecule has 0 aromatic rings. The molecule has 0 radical (unpaired) electrons. The molecule has 1 fully saturated rings. The van der Waals surface area contributed by atoms with Crippen molar-refractivity contribution in [2.75, 3.05) is 0 Å². The topological polar surface area (TPSA) is 61.3 Å². The third-order valence-corrected chi connectivity index (χ3v) is 8.54. The van der Waals surface area contributed by atoms with Gasteiger partial charge in [-0.3, -0.25) is 0 Å². The lowest BCUT2D eigenvalue weighted by Crippen LogP contribution is -2.49. The summed E-state index contributed by atoms with van der Waals surface area (Å²) in [5.74, 6) is 0. The van der Waals surface area contributed by atoms with E-state index in [-0.39, 0.29) is 48.0 Å². The van der Waals surface area contributed by atoms with Crippen molar-refractivity contribution in [2.24, 2.45) is 11.5 Å². The Morgan fingerprint density at radius 1 is 0.944 bits per heavy atom. The highest BCUT2D eigenvalue weighted by molar-refractivity contribution is 6.74. The molecule has 18 heavy (non-hydrogen) atoms. The van der Waals surface area contributed by atoms with Gasteiger partial charge in [-0.2, -0.15) is 0 Å². The Kier molecular flexibility index (Phi) is 8.69. The maximum atomic E-state index is 6.36. The monoisotopic (exact) mass is 316 g/mol. The van der Waals surface area contributed by atoms with Crippen molar-refractivity contribution in [3.8, 4) is 0 Å². The Balaban J connectivity index is 0. The summed E-state index contributed by atoms with van der Waals surface area (Å²) in [5.41, 5.74) is 12.0. The quantitative estimate of drug-likeness (QED) is 0.770. The van der Waals surface area contributed by atoms with Crippen LogP contribution in [0, 0.1) is 0 Å². The van der Waals surface area contributed by atoms with Gasteiger partial charge in [-0.15, -0.1) is 24.8 Å². The van der Waals surface area contributed by atoms with Crippen LogP contribution in [0.5, 0.6) is 0 Å². The third kappa shape index (κ3) is 5.76. The Morgan fingerprint density at radius 3 is 1.67 bits per heavy atom. The standard InChI is InChI=1S/C12H28N2OSi.2ClH/c1-12(2,3)16(4,5)15-11-7-9(13)6-10(14)8-11;;/h9-11H,6-8,13-14H2,1-5H3;2*1H. The fourth-order valence-electron chi connectivity index (χ4n) is 2.04. The number of nitrogens with two attached hydrogens (primary N) is 2. The van der Waals surface area contributed by atoms with Gasteiger partial charge in [0.05, 0.1) is 0 Å². The van der Waals surface area contributed by atoms with Crippen LogP contribution in [0.3, 0.4) is 0 Å². The van der Waals surface area contributed by atoms with E-state index in [9.17, 15) is 0 Å². The summed E-state index contributed by atoms with van der Waals surface area (Å²) < 4.78 is 6.36. The van der Waals surface area contributed by atoms with Crippen LogP contribution < -0.4 is 11.5 Å². The number of rotatable bonds is 2. The number of hydrogen-bond acceptors (Lipinski definition) is 3. The lowest BCUT2D eigenvalue weighted by molar-refractivity contribution is 0.118. The van der Waals surface area contributed by atoms with Crippen molar-refractivity contribution in [1.82, 2.24) is 0 Å². The lowest BCUT2D eigenvalue weighted by Gasteiger charge is -2.42. The van der Waals surface area contributed by atoms with Crippen LogP contribution in [0.2, 0.25) is 18.1 Å². The third-order valence-electron chi connectivity index (χ3n) is 4.00. The zero-order valence-corrected chi connectivity index (χ0v) is 14.9. The van der Waals surface area contributed by atoms with Crippen LogP contribution in [-0.4, -0.2) is 26.5 Å². The van der Waals surface area contributed by atoms with E-state index >= 15 is 0 Å². The zero-order chi connectivity index (χ0) is 12.6. The second kappa shape index (κ2) is 7.46. The summed E-state index contributed by atoms with van der Waals surface area (Å²) in [7, 11) is -1.66. The molecular formula is C12H30Cl2N2OSi. The second-order valence-electron chi connectivity index (χ2n) is 6.73. The largest absolute Gasteiger partial charge is 0.414 e. The van der Waals surface area contributed by atoms with Crippen molar-refractivity contribution in [3.05, 3.63) is 0 Å². The molecule has 0 aromatic heterocycles. The highest BCUT2D eigenvalue weighted by Gasteiger charge is 2.40. The molecule has 0 saturated heterocycles. The van der Waals surface area contributed by atoms with Crippen LogP contribution in [0.1, 0.15) is 40.0 Å². The second-order valence-corrected chi connectivity index (χ2v) is 11.5. The molecule has 2 atom stereocenters. The van der Waals surface area contributed by atoms with E-state index in [0.29, 0.717) is 0 Å². The molecule has 3 nitrogen and oxygen atoms in total. The van der Waals surface area contributed by atoms with E-state index in [0.717, 1.165) is 19.3 Å². The van der Waals surface area contributed by atoms with Gasteiger partial charge in [-0.1, -0.05) is 20.8 Å².